The van der Waals surface area contributed by atoms with Gasteiger partial charge in [0.15, 0.2) is 0 Å². The van der Waals surface area contributed by atoms with E-state index in [4.69, 9.17) is 5.73 Å². The standard InChI is InChI=1S/C15H22N4/c1-15(2,19(3)4)10-18-14-11-7-5-6-8-13(11)17-9-12(14)16/h5-9H,10,16H2,1-4H3,(H,17,18). The van der Waals surface area contributed by atoms with Gasteiger partial charge in [0.1, 0.15) is 0 Å². The maximum absolute atomic E-state index is 6.05. The Hall–Kier alpha value is -1.81. The van der Waals surface area contributed by atoms with E-state index >= 15 is 0 Å². The maximum Gasteiger partial charge on any atom is 0.0743 e. The third-order valence-electron chi connectivity index (χ3n) is 3.71. The van der Waals surface area contributed by atoms with Crippen molar-refractivity contribution in [3.63, 3.8) is 0 Å². The van der Waals surface area contributed by atoms with Crippen LogP contribution in [-0.2, 0) is 0 Å². The van der Waals surface area contributed by atoms with Crippen LogP contribution in [0, 0.1) is 0 Å². The van der Waals surface area contributed by atoms with Crippen LogP contribution in [0.2, 0.25) is 0 Å². The minimum atomic E-state index is 0.0524. The monoisotopic (exact) mass is 258 g/mol. The van der Waals surface area contributed by atoms with Gasteiger partial charge in [-0.1, -0.05) is 18.2 Å². The van der Waals surface area contributed by atoms with Gasteiger partial charge in [0, 0.05) is 17.5 Å². The SMILES string of the molecule is CN(C)C(C)(C)CNc1c(N)cnc2ccccc12. The third-order valence-corrected chi connectivity index (χ3v) is 3.71. The fourth-order valence-corrected chi connectivity index (χ4v) is 1.82. The van der Waals surface area contributed by atoms with Crippen molar-refractivity contribution >= 4 is 22.3 Å². The first-order chi connectivity index (χ1) is 8.92. The summed E-state index contributed by atoms with van der Waals surface area (Å²) in [6, 6.07) is 8.03. The smallest absolute Gasteiger partial charge is 0.0743 e. The molecule has 0 unspecified atom stereocenters. The summed E-state index contributed by atoms with van der Waals surface area (Å²) in [4.78, 5) is 6.54. The van der Waals surface area contributed by atoms with Crippen molar-refractivity contribution in [2.45, 2.75) is 19.4 Å². The molecule has 4 heteroatoms. The number of rotatable bonds is 4. The molecule has 1 aromatic carbocycles. The molecule has 2 aromatic rings. The molecule has 0 fully saturated rings. The zero-order valence-electron chi connectivity index (χ0n) is 12.1. The summed E-state index contributed by atoms with van der Waals surface area (Å²) in [7, 11) is 4.16. The van der Waals surface area contributed by atoms with Crippen molar-refractivity contribution in [1.82, 2.24) is 9.88 Å². The first-order valence-electron chi connectivity index (χ1n) is 6.46. The minimum absolute atomic E-state index is 0.0524. The molecule has 0 bridgehead atoms. The average Bonchev–Trinajstić information content (AvgIpc) is 2.37. The molecule has 2 rings (SSSR count). The normalized spacial score (nSPS) is 12.1. The molecule has 19 heavy (non-hydrogen) atoms. The number of hydrogen-bond acceptors (Lipinski definition) is 4. The fraction of sp³-hybridized carbons (Fsp3) is 0.400. The quantitative estimate of drug-likeness (QED) is 0.885. The Labute approximate surface area is 114 Å². The van der Waals surface area contributed by atoms with Crippen molar-refractivity contribution in [2.24, 2.45) is 0 Å². The topological polar surface area (TPSA) is 54.2 Å². The Kier molecular flexibility index (Phi) is 3.62. The lowest BCUT2D eigenvalue weighted by atomic mass is 10.0. The summed E-state index contributed by atoms with van der Waals surface area (Å²) in [5, 5.41) is 4.54. The van der Waals surface area contributed by atoms with Gasteiger partial charge in [0.2, 0.25) is 0 Å². The van der Waals surface area contributed by atoms with Crippen LogP contribution in [0.3, 0.4) is 0 Å². The lowest BCUT2D eigenvalue weighted by Gasteiger charge is -2.33. The van der Waals surface area contributed by atoms with Gasteiger partial charge in [-0.2, -0.15) is 0 Å². The molecule has 0 radical (unpaired) electrons. The second-order valence-corrected chi connectivity index (χ2v) is 5.67. The van der Waals surface area contributed by atoms with Crippen molar-refractivity contribution in [3.8, 4) is 0 Å². The Bertz CT molecular complexity index is 575. The molecule has 4 nitrogen and oxygen atoms in total. The lowest BCUT2D eigenvalue weighted by molar-refractivity contribution is 0.210. The summed E-state index contributed by atoms with van der Waals surface area (Å²) >= 11 is 0. The van der Waals surface area contributed by atoms with E-state index in [0.29, 0.717) is 5.69 Å². The number of likely N-dealkylation sites (N-methyl/N-ethyl adjacent to an activating group) is 1. The van der Waals surface area contributed by atoms with Crippen molar-refractivity contribution in [2.75, 3.05) is 31.7 Å². The van der Waals surface area contributed by atoms with Crippen LogP contribution in [0.25, 0.3) is 10.9 Å². The molecule has 0 saturated heterocycles. The molecular formula is C15H22N4. The van der Waals surface area contributed by atoms with E-state index in [2.05, 4.69) is 43.1 Å². The molecular weight excluding hydrogens is 236 g/mol. The van der Waals surface area contributed by atoms with Gasteiger partial charge in [0.25, 0.3) is 0 Å². The lowest BCUT2D eigenvalue weighted by Crippen LogP contribution is -2.44. The number of anilines is 2. The predicted molar refractivity (Wildman–Crippen MR) is 82.4 cm³/mol. The molecule has 102 valence electrons. The van der Waals surface area contributed by atoms with Gasteiger partial charge in [-0.25, -0.2) is 0 Å². The maximum atomic E-state index is 6.05. The average molecular weight is 258 g/mol. The largest absolute Gasteiger partial charge is 0.396 e. The zero-order chi connectivity index (χ0) is 14.0. The number of aromatic nitrogens is 1. The van der Waals surface area contributed by atoms with Gasteiger partial charge >= 0.3 is 0 Å². The van der Waals surface area contributed by atoms with Gasteiger partial charge < -0.3 is 16.0 Å². The number of para-hydroxylation sites is 1. The summed E-state index contributed by atoms with van der Waals surface area (Å²) in [5.74, 6) is 0. The molecule has 0 aliphatic rings. The van der Waals surface area contributed by atoms with Gasteiger partial charge in [0.05, 0.1) is 23.1 Å². The number of nitrogens with one attached hydrogen (secondary N) is 1. The number of nitrogens with two attached hydrogens (primary N) is 1. The Morgan fingerprint density at radius 3 is 2.63 bits per heavy atom. The van der Waals surface area contributed by atoms with E-state index in [-0.39, 0.29) is 5.54 Å². The molecule has 0 spiro atoms. The van der Waals surface area contributed by atoms with E-state index in [0.717, 1.165) is 23.1 Å². The molecule has 0 aliphatic heterocycles. The molecule has 0 aliphatic carbocycles. The zero-order valence-corrected chi connectivity index (χ0v) is 12.1. The Morgan fingerprint density at radius 2 is 1.95 bits per heavy atom. The predicted octanol–water partition coefficient (Wildman–Crippen LogP) is 2.57. The summed E-state index contributed by atoms with van der Waals surface area (Å²) in [6.45, 7) is 5.21. The number of benzene rings is 1. The Morgan fingerprint density at radius 1 is 1.26 bits per heavy atom. The minimum Gasteiger partial charge on any atom is -0.396 e. The number of nitrogen functional groups attached to an aromatic ring is 1. The van der Waals surface area contributed by atoms with Gasteiger partial charge in [-0.3, -0.25) is 4.98 Å². The fourth-order valence-electron chi connectivity index (χ4n) is 1.82. The molecule has 0 saturated carbocycles. The van der Waals surface area contributed by atoms with E-state index in [9.17, 15) is 0 Å². The van der Waals surface area contributed by atoms with E-state index < -0.39 is 0 Å². The van der Waals surface area contributed by atoms with Crippen molar-refractivity contribution in [1.29, 1.82) is 0 Å². The van der Waals surface area contributed by atoms with Crippen LogP contribution in [-0.4, -0.2) is 36.1 Å². The number of nitrogens with zero attached hydrogens (tertiary/aromatic N) is 2. The molecule has 1 aromatic heterocycles. The third kappa shape index (κ3) is 2.79. The second-order valence-electron chi connectivity index (χ2n) is 5.67. The van der Waals surface area contributed by atoms with Crippen molar-refractivity contribution in [3.05, 3.63) is 30.5 Å². The summed E-state index contributed by atoms with van der Waals surface area (Å²) < 4.78 is 0. The van der Waals surface area contributed by atoms with E-state index in [1.165, 1.54) is 0 Å². The van der Waals surface area contributed by atoms with Gasteiger partial charge in [-0.15, -0.1) is 0 Å². The first-order valence-corrected chi connectivity index (χ1v) is 6.46. The van der Waals surface area contributed by atoms with Gasteiger partial charge in [-0.05, 0) is 34.0 Å². The number of fused-ring (bicyclic) bond motifs is 1. The summed E-state index contributed by atoms with van der Waals surface area (Å²) in [6.07, 6.45) is 1.72. The van der Waals surface area contributed by atoms with Crippen LogP contribution < -0.4 is 11.1 Å². The van der Waals surface area contributed by atoms with Crippen LogP contribution in [0.4, 0.5) is 11.4 Å². The molecule has 3 N–H and O–H groups in total. The molecule has 1 heterocycles. The van der Waals surface area contributed by atoms with Crippen molar-refractivity contribution < 1.29 is 0 Å². The first kappa shape index (κ1) is 13.6. The van der Waals surface area contributed by atoms with E-state index in [1.54, 1.807) is 6.20 Å². The molecule has 0 amide bonds. The second kappa shape index (κ2) is 5.05. The molecule has 0 atom stereocenters. The van der Waals surface area contributed by atoms with Crippen LogP contribution in [0.5, 0.6) is 0 Å². The highest BCUT2D eigenvalue weighted by atomic mass is 15.2. The van der Waals surface area contributed by atoms with Crippen LogP contribution in [0.1, 0.15) is 13.8 Å². The number of hydrogen-bond donors (Lipinski definition) is 2. The van der Waals surface area contributed by atoms with E-state index in [1.807, 2.05) is 24.3 Å². The summed E-state index contributed by atoms with van der Waals surface area (Å²) in [5.41, 5.74) is 8.73. The highest BCUT2D eigenvalue weighted by Gasteiger charge is 2.20. The number of pyridine rings is 1. The Balaban J connectivity index is 2.32. The van der Waals surface area contributed by atoms with Crippen LogP contribution >= 0.6 is 0 Å². The van der Waals surface area contributed by atoms with Crippen LogP contribution in [0.15, 0.2) is 30.5 Å². The highest BCUT2D eigenvalue weighted by molar-refractivity contribution is 5.96. The highest BCUT2D eigenvalue weighted by Crippen LogP contribution is 2.28.